The molecule has 0 aliphatic carbocycles. The summed E-state index contributed by atoms with van der Waals surface area (Å²) < 4.78 is 13.6. The molecule has 3 rings (SSSR count). The van der Waals surface area contributed by atoms with E-state index in [4.69, 9.17) is 11.6 Å². The predicted molar refractivity (Wildman–Crippen MR) is 87.9 cm³/mol. The molecule has 1 aliphatic heterocycles. The minimum absolute atomic E-state index is 0.0737. The molecule has 4 nitrogen and oxygen atoms in total. The summed E-state index contributed by atoms with van der Waals surface area (Å²) in [5.74, 6) is -2.36. The fourth-order valence-electron chi connectivity index (χ4n) is 2.78. The lowest BCUT2D eigenvalue weighted by Gasteiger charge is -2.21. The van der Waals surface area contributed by atoms with E-state index >= 15 is 0 Å². The molecule has 0 unspecified atom stereocenters. The lowest BCUT2D eigenvalue weighted by Crippen LogP contribution is -2.24. The summed E-state index contributed by atoms with van der Waals surface area (Å²) in [5.41, 5.74) is 0.690. The normalized spacial score (nSPS) is 19.8. The number of likely N-dealkylation sites (N-methyl/N-ethyl adjacent to an activating group) is 1. The van der Waals surface area contributed by atoms with Crippen LogP contribution in [-0.2, 0) is 9.59 Å². The molecule has 0 radical (unpaired) electrons. The molecule has 2 aromatic carbocycles. The van der Waals surface area contributed by atoms with E-state index in [2.05, 4.69) is 0 Å². The van der Waals surface area contributed by atoms with Crippen molar-refractivity contribution in [1.82, 2.24) is 4.90 Å². The molecule has 1 saturated heterocycles. The number of rotatable bonds is 2. The number of hydrogen-bond donors (Lipinski definition) is 1. The highest BCUT2D eigenvalue weighted by Gasteiger charge is 2.44. The molecule has 2 aromatic rings. The van der Waals surface area contributed by atoms with Crippen LogP contribution >= 0.6 is 11.6 Å². The number of halogens is 2. The Morgan fingerprint density at radius 3 is 2.46 bits per heavy atom. The Labute approximate surface area is 142 Å². The zero-order chi connectivity index (χ0) is 17.4. The molecule has 0 saturated carbocycles. The summed E-state index contributed by atoms with van der Waals surface area (Å²) in [6.45, 7) is 0. The quantitative estimate of drug-likeness (QED) is 0.514. The molecule has 1 atom stereocenters. The van der Waals surface area contributed by atoms with Gasteiger partial charge in [0.15, 0.2) is 0 Å². The molecule has 0 spiro atoms. The summed E-state index contributed by atoms with van der Waals surface area (Å²) in [7, 11) is 1.44. The van der Waals surface area contributed by atoms with E-state index in [-0.39, 0.29) is 11.3 Å². The SMILES string of the molecule is CN1C(=O)C(=O)C(=C(O)c2ccc(Cl)cc2)[C@@H]1c1cccc(F)c1. The van der Waals surface area contributed by atoms with Crippen molar-refractivity contribution in [2.45, 2.75) is 6.04 Å². The van der Waals surface area contributed by atoms with Crippen molar-refractivity contribution in [3.8, 4) is 0 Å². The second-order valence-electron chi connectivity index (χ2n) is 5.47. The first kappa shape index (κ1) is 16.2. The monoisotopic (exact) mass is 345 g/mol. The van der Waals surface area contributed by atoms with E-state index in [1.54, 1.807) is 30.3 Å². The minimum atomic E-state index is -0.851. The number of aliphatic hydroxyl groups is 1. The van der Waals surface area contributed by atoms with Gasteiger partial charge < -0.3 is 10.0 Å². The molecule has 1 N–H and O–H groups in total. The highest BCUT2D eigenvalue weighted by atomic mass is 35.5. The number of benzene rings is 2. The molecule has 1 heterocycles. The number of carbonyl (C=O) groups excluding carboxylic acids is 2. The Balaban J connectivity index is 2.18. The van der Waals surface area contributed by atoms with Gasteiger partial charge in [-0.05, 0) is 42.0 Å². The van der Waals surface area contributed by atoms with Crippen molar-refractivity contribution in [2.75, 3.05) is 7.05 Å². The van der Waals surface area contributed by atoms with Crippen LogP contribution in [0.15, 0.2) is 54.1 Å². The highest BCUT2D eigenvalue weighted by molar-refractivity contribution is 6.46. The lowest BCUT2D eigenvalue weighted by molar-refractivity contribution is -0.139. The van der Waals surface area contributed by atoms with Gasteiger partial charge in [-0.3, -0.25) is 9.59 Å². The number of Topliss-reactive ketones (excluding diaryl/α,β-unsaturated/α-hetero) is 1. The van der Waals surface area contributed by atoms with Gasteiger partial charge in [-0.25, -0.2) is 4.39 Å². The summed E-state index contributed by atoms with van der Waals surface area (Å²) in [6, 6.07) is 11.0. The number of nitrogens with zero attached hydrogens (tertiary/aromatic N) is 1. The first-order chi connectivity index (χ1) is 11.4. The third-order valence-electron chi connectivity index (χ3n) is 3.96. The molecule has 24 heavy (non-hydrogen) atoms. The van der Waals surface area contributed by atoms with Crippen LogP contribution in [0.3, 0.4) is 0 Å². The van der Waals surface area contributed by atoms with E-state index in [1.807, 2.05) is 0 Å². The van der Waals surface area contributed by atoms with Gasteiger partial charge in [-0.2, -0.15) is 0 Å². The molecule has 6 heteroatoms. The molecular weight excluding hydrogens is 333 g/mol. The topological polar surface area (TPSA) is 57.6 Å². The van der Waals surface area contributed by atoms with Gasteiger partial charge in [0.05, 0.1) is 11.6 Å². The second-order valence-corrected chi connectivity index (χ2v) is 5.91. The van der Waals surface area contributed by atoms with Crippen LogP contribution in [0.1, 0.15) is 17.2 Å². The number of ketones is 1. The number of amides is 1. The molecule has 122 valence electrons. The number of likely N-dealkylation sites (tertiary alicyclic amines) is 1. The van der Waals surface area contributed by atoms with Crippen LogP contribution in [0.2, 0.25) is 5.02 Å². The highest BCUT2D eigenvalue weighted by Crippen LogP contribution is 2.38. The van der Waals surface area contributed by atoms with Gasteiger partial charge in [0.25, 0.3) is 11.7 Å². The van der Waals surface area contributed by atoms with E-state index < -0.39 is 23.5 Å². The van der Waals surface area contributed by atoms with E-state index in [0.29, 0.717) is 16.1 Å². The van der Waals surface area contributed by atoms with E-state index in [1.165, 1.54) is 30.1 Å². The largest absolute Gasteiger partial charge is 0.507 e. The van der Waals surface area contributed by atoms with Crippen molar-refractivity contribution in [2.24, 2.45) is 0 Å². The van der Waals surface area contributed by atoms with Crippen molar-refractivity contribution < 1.29 is 19.1 Å². The third kappa shape index (κ3) is 2.67. The summed E-state index contributed by atoms with van der Waals surface area (Å²) in [4.78, 5) is 25.6. The Bertz CT molecular complexity index is 861. The van der Waals surface area contributed by atoms with Crippen molar-refractivity contribution in [1.29, 1.82) is 0 Å². The average Bonchev–Trinajstić information content (AvgIpc) is 2.79. The predicted octanol–water partition coefficient (Wildman–Crippen LogP) is 3.53. The summed E-state index contributed by atoms with van der Waals surface area (Å²) in [5, 5.41) is 11.0. The van der Waals surface area contributed by atoms with E-state index in [9.17, 15) is 19.1 Å². The molecule has 1 fully saturated rings. The Hall–Kier alpha value is -2.66. The van der Waals surface area contributed by atoms with Crippen LogP contribution in [0, 0.1) is 5.82 Å². The standard InChI is InChI=1S/C18H13ClFNO3/c1-21-15(11-3-2-4-13(20)9-11)14(17(23)18(21)24)16(22)10-5-7-12(19)8-6-10/h2-9,15,22H,1H3/t15-/m0/s1. The third-order valence-corrected chi connectivity index (χ3v) is 4.21. The lowest BCUT2D eigenvalue weighted by atomic mass is 9.95. The maximum atomic E-state index is 13.6. The van der Waals surface area contributed by atoms with Crippen molar-refractivity contribution in [3.05, 3.63) is 76.1 Å². The molecule has 0 bridgehead atoms. The van der Waals surface area contributed by atoms with Crippen LogP contribution in [0.5, 0.6) is 0 Å². The van der Waals surface area contributed by atoms with E-state index in [0.717, 1.165) is 0 Å². The average molecular weight is 346 g/mol. The summed E-state index contributed by atoms with van der Waals surface area (Å²) in [6.07, 6.45) is 0. The zero-order valence-electron chi connectivity index (χ0n) is 12.7. The van der Waals surface area contributed by atoms with Gasteiger partial charge in [-0.1, -0.05) is 23.7 Å². The Morgan fingerprint density at radius 1 is 1.17 bits per heavy atom. The maximum Gasteiger partial charge on any atom is 0.295 e. The minimum Gasteiger partial charge on any atom is -0.507 e. The van der Waals surface area contributed by atoms with Crippen molar-refractivity contribution in [3.63, 3.8) is 0 Å². The maximum absolute atomic E-state index is 13.6. The Kier molecular flexibility index (Phi) is 4.11. The molecular formula is C18H13ClFNO3. The van der Waals surface area contributed by atoms with Gasteiger partial charge >= 0.3 is 0 Å². The van der Waals surface area contributed by atoms with Gasteiger partial charge in [0, 0.05) is 17.6 Å². The van der Waals surface area contributed by atoms with Crippen LogP contribution in [0.4, 0.5) is 4.39 Å². The number of hydrogen-bond acceptors (Lipinski definition) is 3. The Morgan fingerprint density at radius 2 is 1.83 bits per heavy atom. The van der Waals surface area contributed by atoms with Gasteiger partial charge in [-0.15, -0.1) is 0 Å². The van der Waals surface area contributed by atoms with Crippen molar-refractivity contribution >= 4 is 29.1 Å². The number of aliphatic hydroxyl groups excluding tert-OH is 1. The zero-order valence-corrected chi connectivity index (χ0v) is 13.4. The van der Waals surface area contributed by atoms with Crippen LogP contribution in [0.25, 0.3) is 5.76 Å². The van der Waals surface area contributed by atoms with Gasteiger partial charge in [0.1, 0.15) is 11.6 Å². The smallest absolute Gasteiger partial charge is 0.295 e. The second kappa shape index (κ2) is 6.09. The molecule has 1 amide bonds. The van der Waals surface area contributed by atoms with Crippen LogP contribution in [-0.4, -0.2) is 28.7 Å². The van der Waals surface area contributed by atoms with Gasteiger partial charge in [0.2, 0.25) is 0 Å². The molecule has 0 aromatic heterocycles. The fourth-order valence-corrected chi connectivity index (χ4v) is 2.90. The van der Waals surface area contributed by atoms with Crippen LogP contribution < -0.4 is 0 Å². The fraction of sp³-hybridized carbons (Fsp3) is 0.111. The number of carbonyl (C=O) groups is 2. The first-order valence-corrected chi connectivity index (χ1v) is 7.54. The summed E-state index contributed by atoms with van der Waals surface area (Å²) >= 11 is 5.82. The first-order valence-electron chi connectivity index (χ1n) is 7.16. The molecule has 1 aliphatic rings.